The lowest BCUT2D eigenvalue weighted by Gasteiger charge is -2.26. The van der Waals surface area contributed by atoms with Crippen molar-refractivity contribution in [1.29, 1.82) is 0 Å². The number of carboxylic acids is 1. The lowest BCUT2D eigenvalue weighted by atomic mass is 9.79. The molecule has 3 rings (SSSR count). The van der Waals surface area contributed by atoms with Gasteiger partial charge in [-0.05, 0) is 51.0 Å². The molecule has 0 aliphatic heterocycles. The van der Waals surface area contributed by atoms with Crippen LogP contribution in [0.15, 0.2) is 29.1 Å². The van der Waals surface area contributed by atoms with Crippen molar-refractivity contribution in [3.05, 3.63) is 40.3 Å². The minimum Gasteiger partial charge on any atom is -0.481 e. The van der Waals surface area contributed by atoms with E-state index in [4.69, 9.17) is 5.11 Å². The Labute approximate surface area is 174 Å². The van der Waals surface area contributed by atoms with E-state index in [0.717, 1.165) is 19.3 Å². The summed E-state index contributed by atoms with van der Waals surface area (Å²) in [6, 6.07) is 6.33. The molecule has 8 nitrogen and oxygen atoms in total. The van der Waals surface area contributed by atoms with Gasteiger partial charge < -0.3 is 10.4 Å². The highest BCUT2D eigenvalue weighted by atomic mass is 16.4. The molecule has 1 aromatic carbocycles. The molecule has 1 aliphatic rings. The number of nitrogens with zero attached hydrogens (tertiary/aromatic N) is 1. The van der Waals surface area contributed by atoms with E-state index in [1.165, 1.54) is 0 Å². The summed E-state index contributed by atoms with van der Waals surface area (Å²) in [6.45, 7) is 1.67. The van der Waals surface area contributed by atoms with Gasteiger partial charge in [-0.2, -0.15) is 5.10 Å². The SMILES string of the molecule is CC(NC(=O)Cc1n[nH]c(=O)c2ccccc12)C(=O)CCC1CCC(C(=O)O)CC1. The molecule has 160 valence electrons. The first-order chi connectivity index (χ1) is 14.3. The molecule has 0 bridgehead atoms. The van der Waals surface area contributed by atoms with E-state index in [9.17, 15) is 19.2 Å². The summed E-state index contributed by atoms with van der Waals surface area (Å²) in [6.07, 6.45) is 4.04. The fourth-order valence-corrected chi connectivity index (χ4v) is 4.09. The average molecular weight is 413 g/mol. The monoisotopic (exact) mass is 413 g/mol. The van der Waals surface area contributed by atoms with Gasteiger partial charge in [-0.1, -0.05) is 18.2 Å². The fraction of sp³-hybridized carbons (Fsp3) is 0.500. The number of ketones is 1. The highest BCUT2D eigenvalue weighted by molar-refractivity contribution is 5.91. The molecule has 0 saturated heterocycles. The molecule has 1 amide bonds. The molecule has 1 aromatic heterocycles. The molecule has 1 saturated carbocycles. The van der Waals surface area contributed by atoms with Crippen LogP contribution in [0.5, 0.6) is 0 Å². The van der Waals surface area contributed by atoms with E-state index in [1.54, 1.807) is 31.2 Å². The maximum atomic E-state index is 12.4. The number of nitrogens with one attached hydrogen (secondary N) is 2. The van der Waals surface area contributed by atoms with Gasteiger partial charge >= 0.3 is 5.97 Å². The van der Waals surface area contributed by atoms with Gasteiger partial charge in [0.1, 0.15) is 0 Å². The number of aromatic amines is 1. The van der Waals surface area contributed by atoms with Crippen molar-refractivity contribution in [2.45, 2.75) is 57.9 Å². The number of hydrogen-bond acceptors (Lipinski definition) is 5. The maximum absolute atomic E-state index is 12.4. The Morgan fingerprint density at radius 2 is 1.83 bits per heavy atom. The van der Waals surface area contributed by atoms with Gasteiger partial charge in [0.15, 0.2) is 5.78 Å². The Bertz CT molecular complexity index is 992. The van der Waals surface area contributed by atoms with Crippen LogP contribution in [0.1, 0.15) is 51.1 Å². The second-order valence-electron chi connectivity index (χ2n) is 8.07. The number of benzene rings is 1. The van der Waals surface area contributed by atoms with Crippen LogP contribution in [0.4, 0.5) is 0 Å². The van der Waals surface area contributed by atoms with Gasteiger partial charge in [0, 0.05) is 11.8 Å². The molecular weight excluding hydrogens is 386 g/mol. The van der Waals surface area contributed by atoms with Crippen molar-refractivity contribution in [2.24, 2.45) is 11.8 Å². The van der Waals surface area contributed by atoms with Crippen molar-refractivity contribution in [3.63, 3.8) is 0 Å². The summed E-state index contributed by atoms with van der Waals surface area (Å²) in [5, 5.41) is 19.3. The molecule has 1 atom stereocenters. The van der Waals surface area contributed by atoms with Crippen molar-refractivity contribution < 1.29 is 19.5 Å². The molecule has 3 N–H and O–H groups in total. The first-order valence-corrected chi connectivity index (χ1v) is 10.4. The summed E-state index contributed by atoms with van der Waals surface area (Å²) in [5.74, 6) is -0.993. The molecular formula is C22H27N3O5. The lowest BCUT2D eigenvalue weighted by Crippen LogP contribution is -2.39. The second-order valence-corrected chi connectivity index (χ2v) is 8.07. The van der Waals surface area contributed by atoms with Crippen LogP contribution in [0, 0.1) is 11.8 Å². The number of hydrogen-bond donors (Lipinski definition) is 3. The third-order valence-corrected chi connectivity index (χ3v) is 5.96. The zero-order chi connectivity index (χ0) is 21.7. The van der Waals surface area contributed by atoms with Crippen LogP contribution in [0.25, 0.3) is 10.8 Å². The zero-order valence-electron chi connectivity index (χ0n) is 17.0. The third-order valence-electron chi connectivity index (χ3n) is 5.96. The fourth-order valence-electron chi connectivity index (χ4n) is 4.09. The molecule has 1 unspecified atom stereocenters. The Morgan fingerprint density at radius 1 is 1.17 bits per heavy atom. The first-order valence-electron chi connectivity index (χ1n) is 10.4. The summed E-state index contributed by atoms with van der Waals surface area (Å²) in [5.41, 5.74) is 0.147. The van der Waals surface area contributed by atoms with Gasteiger partial charge in [-0.15, -0.1) is 0 Å². The van der Waals surface area contributed by atoms with E-state index in [1.807, 2.05) is 0 Å². The Morgan fingerprint density at radius 3 is 2.50 bits per heavy atom. The standard InChI is InChI=1S/C22H27N3O5/c1-13(19(26)11-8-14-6-9-15(10-7-14)22(29)30)23-20(27)12-18-16-4-2-3-5-17(16)21(28)25-24-18/h2-5,13-15H,6-12H2,1H3,(H,23,27)(H,25,28)(H,29,30). The maximum Gasteiger partial charge on any atom is 0.306 e. The Balaban J connectivity index is 1.49. The number of H-pyrrole nitrogens is 1. The summed E-state index contributed by atoms with van der Waals surface area (Å²) < 4.78 is 0. The molecule has 30 heavy (non-hydrogen) atoms. The highest BCUT2D eigenvalue weighted by Crippen LogP contribution is 2.31. The number of Topliss-reactive ketones (excluding diaryl/α,β-unsaturated/α-hetero) is 1. The van der Waals surface area contributed by atoms with Crippen molar-refractivity contribution in [3.8, 4) is 0 Å². The van der Waals surface area contributed by atoms with Gasteiger partial charge in [-0.3, -0.25) is 19.2 Å². The van der Waals surface area contributed by atoms with Crippen LogP contribution < -0.4 is 10.9 Å². The van der Waals surface area contributed by atoms with Crippen LogP contribution in [-0.2, 0) is 20.8 Å². The van der Waals surface area contributed by atoms with Gasteiger partial charge in [-0.25, -0.2) is 5.10 Å². The molecule has 8 heteroatoms. The summed E-state index contributed by atoms with van der Waals surface area (Å²) in [7, 11) is 0. The van der Waals surface area contributed by atoms with Gasteiger partial charge in [0.2, 0.25) is 5.91 Å². The van der Waals surface area contributed by atoms with Crippen molar-refractivity contribution in [2.75, 3.05) is 0 Å². The number of fused-ring (bicyclic) bond motifs is 1. The van der Waals surface area contributed by atoms with Crippen LogP contribution in [0.3, 0.4) is 0 Å². The number of carboxylic acid groups (broad SMARTS) is 1. The predicted molar refractivity (Wildman–Crippen MR) is 111 cm³/mol. The normalized spacial score (nSPS) is 19.9. The summed E-state index contributed by atoms with van der Waals surface area (Å²) in [4.78, 5) is 47.7. The number of carbonyl (C=O) groups excluding carboxylic acids is 2. The second kappa shape index (κ2) is 9.65. The van der Waals surface area contributed by atoms with Crippen molar-refractivity contribution >= 4 is 28.4 Å². The zero-order valence-corrected chi connectivity index (χ0v) is 17.0. The quantitative estimate of drug-likeness (QED) is 0.608. The van der Waals surface area contributed by atoms with E-state index < -0.39 is 12.0 Å². The summed E-state index contributed by atoms with van der Waals surface area (Å²) >= 11 is 0. The molecule has 1 aliphatic carbocycles. The molecule has 0 spiro atoms. The lowest BCUT2D eigenvalue weighted by molar-refractivity contribution is -0.143. The minimum atomic E-state index is -0.731. The van der Waals surface area contributed by atoms with Crippen LogP contribution >= 0.6 is 0 Å². The molecule has 2 aromatic rings. The van der Waals surface area contributed by atoms with Crippen molar-refractivity contribution in [1.82, 2.24) is 15.5 Å². The topological polar surface area (TPSA) is 129 Å². The van der Waals surface area contributed by atoms with Gasteiger partial charge in [0.05, 0.1) is 29.5 Å². The third kappa shape index (κ3) is 5.31. The van der Waals surface area contributed by atoms with E-state index in [-0.39, 0.29) is 29.6 Å². The number of amides is 1. The van der Waals surface area contributed by atoms with Crippen LogP contribution in [-0.4, -0.2) is 39.0 Å². The van der Waals surface area contributed by atoms with Gasteiger partial charge in [0.25, 0.3) is 5.56 Å². The Kier molecular flexibility index (Phi) is 6.97. The van der Waals surface area contributed by atoms with Crippen LogP contribution in [0.2, 0.25) is 0 Å². The smallest absolute Gasteiger partial charge is 0.306 e. The molecule has 0 radical (unpaired) electrons. The predicted octanol–water partition coefficient (Wildman–Crippen LogP) is 2.21. The first kappa shape index (κ1) is 21.7. The van der Waals surface area contributed by atoms with E-state index >= 15 is 0 Å². The molecule has 1 fully saturated rings. The Hall–Kier alpha value is -3.03. The number of aliphatic carboxylic acids is 1. The average Bonchev–Trinajstić information content (AvgIpc) is 2.74. The number of carbonyl (C=O) groups is 3. The van der Waals surface area contributed by atoms with E-state index in [0.29, 0.717) is 41.6 Å². The largest absolute Gasteiger partial charge is 0.481 e. The highest BCUT2D eigenvalue weighted by Gasteiger charge is 2.26. The van der Waals surface area contributed by atoms with E-state index in [2.05, 4.69) is 15.5 Å². The molecule has 1 heterocycles. The number of rotatable bonds is 8. The number of aromatic nitrogens is 2. The minimum absolute atomic E-state index is 0.0336.